The molecule has 1 N–H and O–H groups in total. The Morgan fingerprint density at radius 2 is 2.00 bits per heavy atom. The summed E-state index contributed by atoms with van der Waals surface area (Å²) in [7, 11) is 1.77. The Hall–Kier alpha value is -2.82. The Morgan fingerprint density at radius 1 is 1.24 bits per heavy atom. The molecule has 2 amide bonds. The first-order chi connectivity index (χ1) is 11.9. The topological polar surface area (TPSA) is 58.6 Å². The Balaban J connectivity index is 1.70. The summed E-state index contributed by atoms with van der Waals surface area (Å²) in [6, 6.07) is 13.1. The molecule has 0 spiro atoms. The third-order valence-electron chi connectivity index (χ3n) is 4.11. The molecule has 0 fully saturated rings. The summed E-state index contributed by atoms with van der Waals surface area (Å²) in [5.41, 5.74) is 3.45. The molecule has 0 saturated carbocycles. The Labute approximate surface area is 147 Å². The molecule has 0 aliphatic carbocycles. The van der Waals surface area contributed by atoms with E-state index >= 15 is 0 Å². The van der Waals surface area contributed by atoms with Crippen molar-refractivity contribution in [2.75, 3.05) is 17.3 Å². The lowest BCUT2D eigenvalue weighted by atomic mass is 10.1. The number of nitrogens with zero attached hydrogens (tertiary/aromatic N) is 1. The molecule has 0 atom stereocenters. The van der Waals surface area contributed by atoms with Crippen molar-refractivity contribution < 1.29 is 14.3 Å². The number of rotatable bonds is 5. The van der Waals surface area contributed by atoms with E-state index in [2.05, 4.69) is 5.32 Å². The second-order valence-electron chi connectivity index (χ2n) is 6.48. The molecule has 0 bridgehead atoms. The molecule has 130 valence electrons. The third-order valence-corrected chi connectivity index (χ3v) is 4.11. The summed E-state index contributed by atoms with van der Waals surface area (Å²) in [4.78, 5) is 25.8. The highest BCUT2D eigenvalue weighted by atomic mass is 16.5. The van der Waals surface area contributed by atoms with Gasteiger partial charge in [0.25, 0.3) is 0 Å². The standard InChI is InChI=1S/C20H22N2O3/c1-13(2)25-18-7-5-4-6-16(18)21-19(23)11-14-8-9-17-15(10-14)12-20(24)22(17)3/h4-10,13H,11-12H2,1-3H3,(H,21,23). The van der Waals surface area contributed by atoms with Gasteiger partial charge in [0.2, 0.25) is 11.8 Å². The number of fused-ring (bicyclic) bond motifs is 1. The van der Waals surface area contributed by atoms with E-state index in [4.69, 9.17) is 4.74 Å². The van der Waals surface area contributed by atoms with Gasteiger partial charge >= 0.3 is 0 Å². The SMILES string of the molecule is CC(C)Oc1ccccc1NC(=O)Cc1ccc2c(c1)CC(=O)N2C. The maximum absolute atomic E-state index is 12.4. The zero-order valence-corrected chi connectivity index (χ0v) is 14.7. The molecule has 0 unspecified atom stereocenters. The number of carbonyl (C=O) groups is 2. The van der Waals surface area contributed by atoms with E-state index in [0.29, 0.717) is 17.9 Å². The van der Waals surface area contributed by atoms with Gasteiger partial charge < -0.3 is 15.0 Å². The summed E-state index contributed by atoms with van der Waals surface area (Å²) < 4.78 is 5.72. The van der Waals surface area contributed by atoms with E-state index in [1.807, 2.05) is 56.3 Å². The maximum Gasteiger partial charge on any atom is 0.231 e. The van der Waals surface area contributed by atoms with Gasteiger partial charge in [-0.2, -0.15) is 0 Å². The zero-order chi connectivity index (χ0) is 18.0. The van der Waals surface area contributed by atoms with Crippen LogP contribution in [0.4, 0.5) is 11.4 Å². The Morgan fingerprint density at radius 3 is 2.76 bits per heavy atom. The van der Waals surface area contributed by atoms with Crippen molar-refractivity contribution in [3.8, 4) is 5.75 Å². The number of hydrogen-bond acceptors (Lipinski definition) is 3. The Bertz CT molecular complexity index is 814. The van der Waals surface area contributed by atoms with Crippen LogP contribution >= 0.6 is 0 Å². The average Bonchev–Trinajstić information content (AvgIpc) is 2.83. The molecule has 1 aliphatic rings. The first kappa shape index (κ1) is 17.0. The van der Waals surface area contributed by atoms with Gasteiger partial charge in [0.05, 0.1) is 24.6 Å². The van der Waals surface area contributed by atoms with Crippen molar-refractivity contribution >= 4 is 23.2 Å². The molecule has 5 heteroatoms. The van der Waals surface area contributed by atoms with Crippen LogP contribution in [0.1, 0.15) is 25.0 Å². The van der Waals surface area contributed by atoms with Crippen LogP contribution in [0.25, 0.3) is 0 Å². The lowest BCUT2D eigenvalue weighted by Crippen LogP contribution is -2.20. The number of carbonyl (C=O) groups excluding carboxylic acids is 2. The number of hydrogen-bond donors (Lipinski definition) is 1. The Kier molecular flexibility index (Phi) is 4.74. The van der Waals surface area contributed by atoms with Gasteiger partial charge in [-0.05, 0) is 43.2 Å². The molecule has 0 saturated heterocycles. The van der Waals surface area contributed by atoms with Crippen molar-refractivity contribution in [2.24, 2.45) is 0 Å². The van der Waals surface area contributed by atoms with Crippen LogP contribution in [0, 0.1) is 0 Å². The minimum Gasteiger partial charge on any atom is -0.489 e. The summed E-state index contributed by atoms with van der Waals surface area (Å²) in [6.07, 6.45) is 0.678. The maximum atomic E-state index is 12.4. The summed E-state index contributed by atoms with van der Waals surface area (Å²) in [5.74, 6) is 0.626. The molecule has 1 heterocycles. The predicted octanol–water partition coefficient (Wildman–Crippen LogP) is 3.17. The van der Waals surface area contributed by atoms with E-state index < -0.39 is 0 Å². The fourth-order valence-corrected chi connectivity index (χ4v) is 2.94. The van der Waals surface area contributed by atoms with E-state index in [1.165, 1.54) is 0 Å². The van der Waals surface area contributed by atoms with Crippen LogP contribution in [0.3, 0.4) is 0 Å². The second kappa shape index (κ2) is 6.97. The highest BCUT2D eigenvalue weighted by Gasteiger charge is 2.24. The van der Waals surface area contributed by atoms with Crippen LogP contribution in [0.5, 0.6) is 5.75 Å². The molecule has 0 aromatic heterocycles. The van der Waals surface area contributed by atoms with Crippen LogP contribution in [0.15, 0.2) is 42.5 Å². The lowest BCUT2D eigenvalue weighted by molar-refractivity contribution is -0.117. The minimum atomic E-state index is -0.113. The molecule has 25 heavy (non-hydrogen) atoms. The molecule has 5 nitrogen and oxygen atoms in total. The molecule has 2 aromatic carbocycles. The summed E-state index contributed by atoms with van der Waals surface area (Å²) in [6.45, 7) is 3.89. The monoisotopic (exact) mass is 338 g/mol. The second-order valence-corrected chi connectivity index (χ2v) is 6.48. The van der Waals surface area contributed by atoms with Gasteiger partial charge in [-0.15, -0.1) is 0 Å². The number of likely N-dealkylation sites (N-methyl/N-ethyl adjacent to an activating group) is 1. The predicted molar refractivity (Wildman–Crippen MR) is 98.1 cm³/mol. The quantitative estimate of drug-likeness (QED) is 0.911. The fraction of sp³-hybridized carbons (Fsp3) is 0.300. The van der Waals surface area contributed by atoms with Crippen LogP contribution in [-0.4, -0.2) is 25.0 Å². The largest absolute Gasteiger partial charge is 0.489 e. The van der Waals surface area contributed by atoms with Crippen LogP contribution in [0.2, 0.25) is 0 Å². The van der Waals surface area contributed by atoms with E-state index in [-0.39, 0.29) is 24.3 Å². The minimum absolute atomic E-state index is 0.0317. The van der Waals surface area contributed by atoms with Crippen molar-refractivity contribution in [3.05, 3.63) is 53.6 Å². The first-order valence-electron chi connectivity index (χ1n) is 8.38. The van der Waals surface area contributed by atoms with Gasteiger partial charge in [-0.3, -0.25) is 9.59 Å². The zero-order valence-electron chi connectivity index (χ0n) is 14.7. The molecule has 1 aliphatic heterocycles. The van der Waals surface area contributed by atoms with Crippen LogP contribution < -0.4 is 15.0 Å². The molecule has 3 rings (SSSR count). The van der Waals surface area contributed by atoms with Gasteiger partial charge in [-0.1, -0.05) is 24.3 Å². The number of anilines is 2. The van der Waals surface area contributed by atoms with Crippen molar-refractivity contribution in [1.82, 2.24) is 0 Å². The van der Waals surface area contributed by atoms with Crippen molar-refractivity contribution in [1.29, 1.82) is 0 Å². The summed E-state index contributed by atoms with van der Waals surface area (Å²) in [5, 5.41) is 2.91. The molecular formula is C20H22N2O3. The van der Waals surface area contributed by atoms with E-state index in [1.54, 1.807) is 11.9 Å². The number of nitrogens with one attached hydrogen (secondary N) is 1. The number of ether oxygens (including phenoxy) is 1. The number of benzene rings is 2. The average molecular weight is 338 g/mol. The first-order valence-corrected chi connectivity index (χ1v) is 8.38. The fourth-order valence-electron chi connectivity index (χ4n) is 2.94. The van der Waals surface area contributed by atoms with Gasteiger partial charge in [-0.25, -0.2) is 0 Å². The number of para-hydroxylation sites is 2. The lowest BCUT2D eigenvalue weighted by Gasteiger charge is -2.15. The van der Waals surface area contributed by atoms with Crippen molar-refractivity contribution in [2.45, 2.75) is 32.8 Å². The highest BCUT2D eigenvalue weighted by molar-refractivity contribution is 6.01. The van der Waals surface area contributed by atoms with E-state index in [0.717, 1.165) is 16.8 Å². The highest BCUT2D eigenvalue weighted by Crippen LogP contribution is 2.29. The van der Waals surface area contributed by atoms with Crippen molar-refractivity contribution in [3.63, 3.8) is 0 Å². The third kappa shape index (κ3) is 3.82. The number of amides is 2. The summed E-state index contributed by atoms with van der Waals surface area (Å²) >= 11 is 0. The van der Waals surface area contributed by atoms with Gasteiger partial charge in [0.1, 0.15) is 5.75 Å². The van der Waals surface area contributed by atoms with Gasteiger partial charge in [0.15, 0.2) is 0 Å². The normalized spacial score (nSPS) is 13.1. The smallest absolute Gasteiger partial charge is 0.231 e. The van der Waals surface area contributed by atoms with Crippen LogP contribution in [-0.2, 0) is 22.4 Å². The van der Waals surface area contributed by atoms with E-state index in [9.17, 15) is 9.59 Å². The molecular weight excluding hydrogens is 316 g/mol. The molecule has 0 radical (unpaired) electrons. The molecule has 2 aromatic rings. The van der Waals surface area contributed by atoms with Gasteiger partial charge in [0, 0.05) is 12.7 Å².